The molecule has 0 saturated heterocycles. The number of nitrogens with one attached hydrogen (secondary N) is 1. The molecule has 2 amide bonds. The lowest BCUT2D eigenvalue weighted by atomic mass is 10.1. The van der Waals surface area contributed by atoms with Crippen molar-refractivity contribution in [2.45, 2.75) is 19.4 Å². The Kier molecular flexibility index (Phi) is 5.78. The molecule has 1 atom stereocenters. The average Bonchev–Trinajstić information content (AvgIpc) is 2.70. The number of fused-ring (bicyclic) bond motifs is 1. The van der Waals surface area contributed by atoms with E-state index in [-0.39, 0.29) is 18.4 Å². The van der Waals surface area contributed by atoms with Crippen molar-refractivity contribution in [2.24, 2.45) is 0 Å². The summed E-state index contributed by atoms with van der Waals surface area (Å²) in [6.07, 6.45) is 0.743. The molecule has 0 aromatic heterocycles. The second kappa shape index (κ2) is 8.12. The highest BCUT2D eigenvalue weighted by Gasteiger charge is 2.32. The van der Waals surface area contributed by atoms with E-state index in [2.05, 4.69) is 5.32 Å². The molecule has 9 heteroatoms. The van der Waals surface area contributed by atoms with Gasteiger partial charge in [0.15, 0.2) is 6.10 Å². The SMILES string of the molecule is CC[C@@H](Oc1ccc(N(C)S(C)(=O)=O)cc1)C(=O)N1CC(=O)Nc2ccccc21. The van der Waals surface area contributed by atoms with Gasteiger partial charge >= 0.3 is 0 Å². The van der Waals surface area contributed by atoms with E-state index in [0.29, 0.717) is 29.2 Å². The summed E-state index contributed by atoms with van der Waals surface area (Å²) in [5, 5.41) is 2.75. The number of nitrogens with zero attached hydrogens (tertiary/aromatic N) is 2. The Balaban J connectivity index is 1.78. The van der Waals surface area contributed by atoms with Crippen LogP contribution in [0.3, 0.4) is 0 Å². The lowest BCUT2D eigenvalue weighted by Crippen LogP contribution is -2.48. The monoisotopic (exact) mass is 417 g/mol. The van der Waals surface area contributed by atoms with Crippen molar-refractivity contribution < 1.29 is 22.7 Å². The molecule has 29 heavy (non-hydrogen) atoms. The Morgan fingerprint density at radius 2 is 1.86 bits per heavy atom. The number of amides is 2. The van der Waals surface area contributed by atoms with E-state index in [4.69, 9.17) is 4.74 Å². The molecule has 0 saturated carbocycles. The Labute approximate surface area is 170 Å². The number of carbonyl (C=O) groups is 2. The molecule has 1 aliphatic heterocycles. The number of benzene rings is 2. The molecule has 0 spiro atoms. The van der Waals surface area contributed by atoms with Crippen LogP contribution in [0.5, 0.6) is 5.75 Å². The van der Waals surface area contributed by atoms with Gasteiger partial charge in [0.1, 0.15) is 12.3 Å². The van der Waals surface area contributed by atoms with Crippen LogP contribution < -0.4 is 19.3 Å². The summed E-state index contributed by atoms with van der Waals surface area (Å²) in [6, 6.07) is 13.5. The Bertz CT molecular complexity index is 1020. The van der Waals surface area contributed by atoms with Crippen LogP contribution in [0.1, 0.15) is 13.3 Å². The maximum atomic E-state index is 13.1. The van der Waals surface area contributed by atoms with Gasteiger partial charge in [0.25, 0.3) is 5.91 Å². The smallest absolute Gasteiger partial charge is 0.268 e. The topological polar surface area (TPSA) is 96.0 Å². The van der Waals surface area contributed by atoms with Gasteiger partial charge in [0.05, 0.1) is 23.3 Å². The molecule has 2 aromatic carbocycles. The summed E-state index contributed by atoms with van der Waals surface area (Å²) in [5.74, 6) is -0.141. The van der Waals surface area contributed by atoms with Crippen molar-refractivity contribution in [1.29, 1.82) is 0 Å². The van der Waals surface area contributed by atoms with E-state index in [1.807, 2.05) is 6.92 Å². The van der Waals surface area contributed by atoms with Crippen LogP contribution in [0.25, 0.3) is 0 Å². The average molecular weight is 417 g/mol. The molecular formula is C20H23N3O5S. The first kappa shape index (κ1) is 20.7. The van der Waals surface area contributed by atoms with Crippen LogP contribution in [0.4, 0.5) is 17.1 Å². The predicted octanol–water partition coefficient (Wildman–Crippen LogP) is 2.23. The quantitative estimate of drug-likeness (QED) is 0.778. The summed E-state index contributed by atoms with van der Waals surface area (Å²) < 4.78 is 30.3. The fourth-order valence-corrected chi connectivity index (χ4v) is 3.51. The van der Waals surface area contributed by atoms with E-state index in [0.717, 1.165) is 10.6 Å². The highest BCUT2D eigenvalue weighted by atomic mass is 32.2. The van der Waals surface area contributed by atoms with Crippen LogP contribution in [0.15, 0.2) is 48.5 Å². The second-order valence-electron chi connectivity index (χ2n) is 6.73. The molecule has 0 aliphatic carbocycles. The molecule has 1 N–H and O–H groups in total. The number of carbonyl (C=O) groups excluding carboxylic acids is 2. The third-order valence-corrected chi connectivity index (χ3v) is 5.86. The minimum Gasteiger partial charge on any atom is -0.481 e. The highest BCUT2D eigenvalue weighted by Crippen LogP contribution is 2.30. The minimum atomic E-state index is -3.36. The third-order valence-electron chi connectivity index (χ3n) is 4.66. The second-order valence-corrected chi connectivity index (χ2v) is 8.74. The highest BCUT2D eigenvalue weighted by molar-refractivity contribution is 7.92. The van der Waals surface area contributed by atoms with Gasteiger partial charge in [-0.25, -0.2) is 8.42 Å². The number of sulfonamides is 1. The van der Waals surface area contributed by atoms with Crippen molar-refractivity contribution in [3.8, 4) is 5.75 Å². The molecule has 3 rings (SSSR count). The van der Waals surface area contributed by atoms with E-state index in [1.165, 1.54) is 11.9 Å². The van der Waals surface area contributed by atoms with Gasteiger partial charge in [0, 0.05) is 7.05 Å². The summed E-state index contributed by atoms with van der Waals surface area (Å²) in [5.41, 5.74) is 1.70. The van der Waals surface area contributed by atoms with Gasteiger partial charge in [-0.1, -0.05) is 19.1 Å². The first-order chi connectivity index (χ1) is 13.7. The van der Waals surface area contributed by atoms with Crippen molar-refractivity contribution >= 4 is 38.9 Å². The zero-order chi connectivity index (χ0) is 21.2. The van der Waals surface area contributed by atoms with Gasteiger partial charge < -0.3 is 10.1 Å². The molecule has 1 aliphatic rings. The van der Waals surface area contributed by atoms with Crippen LogP contribution in [-0.2, 0) is 19.6 Å². The maximum Gasteiger partial charge on any atom is 0.268 e. The number of hydrogen-bond acceptors (Lipinski definition) is 5. The largest absolute Gasteiger partial charge is 0.481 e. The van der Waals surface area contributed by atoms with Crippen molar-refractivity contribution in [3.63, 3.8) is 0 Å². The molecule has 0 radical (unpaired) electrons. The first-order valence-electron chi connectivity index (χ1n) is 9.11. The van der Waals surface area contributed by atoms with Gasteiger partial charge in [-0.2, -0.15) is 0 Å². The lowest BCUT2D eigenvalue weighted by Gasteiger charge is -2.31. The standard InChI is InChI=1S/C20H23N3O5S/c1-4-18(28-15-11-9-14(10-12-15)22(2)29(3,26)27)20(25)23-13-19(24)21-16-7-5-6-8-17(16)23/h5-12,18H,4,13H2,1-3H3,(H,21,24)/t18-/m1/s1. The Hall–Kier alpha value is -3.07. The normalized spacial score (nSPS) is 14.6. The zero-order valence-electron chi connectivity index (χ0n) is 16.5. The zero-order valence-corrected chi connectivity index (χ0v) is 17.3. The van der Waals surface area contributed by atoms with Crippen molar-refractivity contribution in [1.82, 2.24) is 0 Å². The Morgan fingerprint density at radius 1 is 1.21 bits per heavy atom. The van der Waals surface area contributed by atoms with Crippen LogP contribution in [0.2, 0.25) is 0 Å². The van der Waals surface area contributed by atoms with Crippen LogP contribution in [-0.4, -0.2) is 46.2 Å². The fraction of sp³-hybridized carbons (Fsp3) is 0.300. The first-order valence-corrected chi connectivity index (χ1v) is 11.0. The number of para-hydroxylation sites is 2. The molecule has 0 unspecified atom stereocenters. The molecular weight excluding hydrogens is 394 g/mol. The number of rotatable bonds is 6. The summed E-state index contributed by atoms with van der Waals surface area (Å²) >= 11 is 0. The molecule has 8 nitrogen and oxygen atoms in total. The van der Waals surface area contributed by atoms with E-state index >= 15 is 0 Å². The molecule has 154 valence electrons. The van der Waals surface area contributed by atoms with Crippen LogP contribution >= 0.6 is 0 Å². The van der Waals surface area contributed by atoms with Gasteiger partial charge in [-0.3, -0.25) is 18.8 Å². The number of hydrogen-bond donors (Lipinski definition) is 1. The van der Waals surface area contributed by atoms with Crippen molar-refractivity contribution in [3.05, 3.63) is 48.5 Å². The van der Waals surface area contributed by atoms with Gasteiger partial charge in [-0.15, -0.1) is 0 Å². The fourth-order valence-electron chi connectivity index (χ4n) is 3.00. The van der Waals surface area contributed by atoms with E-state index in [9.17, 15) is 18.0 Å². The number of anilines is 3. The summed E-state index contributed by atoms with van der Waals surface area (Å²) in [4.78, 5) is 26.5. The van der Waals surface area contributed by atoms with Crippen molar-refractivity contribution in [2.75, 3.05) is 34.4 Å². The van der Waals surface area contributed by atoms with Gasteiger partial charge in [-0.05, 0) is 42.8 Å². The summed E-state index contributed by atoms with van der Waals surface area (Å²) in [6.45, 7) is 1.75. The minimum absolute atomic E-state index is 0.0756. The summed E-state index contributed by atoms with van der Waals surface area (Å²) in [7, 11) is -1.90. The molecule has 2 aromatic rings. The molecule has 0 fully saturated rings. The van der Waals surface area contributed by atoms with E-state index < -0.39 is 16.1 Å². The predicted molar refractivity (Wildman–Crippen MR) is 112 cm³/mol. The molecule has 0 bridgehead atoms. The molecule has 1 heterocycles. The number of ether oxygens (including phenoxy) is 1. The van der Waals surface area contributed by atoms with Crippen LogP contribution in [0, 0.1) is 0 Å². The van der Waals surface area contributed by atoms with Gasteiger partial charge in [0.2, 0.25) is 15.9 Å². The maximum absolute atomic E-state index is 13.1. The third kappa shape index (κ3) is 4.51. The van der Waals surface area contributed by atoms with E-state index in [1.54, 1.807) is 48.5 Å². The Morgan fingerprint density at radius 3 is 2.48 bits per heavy atom. The lowest BCUT2D eigenvalue weighted by molar-refractivity contribution is -0.127.